The van der Waals surface area contributed by atoms with Gasteiger partial charge in [0.25, 0.3) is 5.91 Å². The summed E-state index contributed by atoms with van der Waals surface area (Å²) in [4.78, 5) is 32.3. The summed E-state index contributed by atoms with van der Waals surface area (Å²) in [6, 6.07) is 3.07. The van der Waals surface area contributed by atoms with Gasteiger partial charge in [-0.15, -0.1) is 11.3 Å². The summed E-state index contributed by atoms with van der Waals surface area (Å²) in [6.45, 7) is 3.48. The molecule has 0 bridgehead atoms. The Morgan fingerprint density at radius 2 is 1.78 bits per heavy atom. The number of aromatic nitrogens is 3. The molecule has 1 saturated carbocycles. The third-order valence-electron chi connectivity index (χ3n) is 5.28. The minimum absolute atomic E-state index is 0.0627. The zero-order chi connectivity index (χ0) is 19.0. The fourth-order valence-electron chi connectivity index (χ4n) is 3.72. The average Bonchev–Trinajstić information content (AvgIpc) is 3.41. The molecule has 8 heteroatoms. The molecule has 2 fully saturated rings. The summed E-state index contributed by atoms with van der Waals surface area (Å²) in [7, 11) is 4.00. The first kappa shape index (κ1) is 18.2. The highest BCUT2D eigenvalue weighted by Crippen LogP contribution is 2.36. The fourth-order valence-corrected chi connectivity index (χ4v) is 4.31. The second-order valence-corrected chi connectivity index (χ2v) is 8.60. The number of rotatable bonds is 5. The maximum atomic E-state index is 12.7. The topological polar surface area (TPSA) is 65.5 Å². The van der Waals surface area contributed by atoms with Crippen molar-refractivity contribution >= 4 is 28.9 Å². The van der Waals surface area contributed by atoms with Crippen molar-refractivity contribution in [3.05, 3.63) is 28.5 Å². The molecule has 0 unspecified atom stereocenters. The number of carbonyl (C=O) groups excluding carboxylic acids is 1. The lowest BCUT2D eigenvalue weighted by molar-refractivity contribution is 0.0706. The van der Waals surface area contributed by atoms with Crippen LogP contribution in [0.3, 0.4) is 0 Å². The summed E-state index contributed by atoms with van der Waals surface area (Å²) in [5, 5.41) is 2.80. The first-order chi connectivity index (χ1) is 13.0. The smallest absolute Gasteiger partial charge is 0.273 e. The van der Waals surface area contributed by atoms with Crippen LogP contribution in [-0.2, 0) is 0 Å². The Morgan fingerprint density at radius 3 is 2.37 bits per heavy atom. The van der Waals surface area contributed by atoms with Crippen LogP contribution in [-0.4, -0.2) is 65.0 Å². The van der Waals surface area contributed by atoms with Gasteiger partial charge in [0.2, 0.25) is 0 Å². The average molecular weight is 387 g/mol. The number of amides is 1. The third kappa shape index (κ3) is 3.90. The van der Waals surface area contributed by atoms with Crippen LogP contribution in [0.4, 0.5) is 11.6 Å². The number of piperidine rings is 1. The molecule has 1 aliphatic heterocycles. The van der Waals surface area contributed by atoms with E-state index in [2.05, 4.69) is 25.9 Å². The Morgan fingerprint density at radius 1 is 1.11 bits per heavy atom. The molecule has 3 heterocycles. The predicted molar refractivity (Wildman–Crippen MR) is 108 cm³/mol. The van der Waals surface area contributed by atoms with Gasteiger partial charge in [-0.3, -0.25) is 4.79 Å². The van der Waals surface area contributed by atoms with Crippen LogP contribution in [0.1, 0.15) is 41.2 Å². The van der Waals surface area contributed by atoms with Crippen LogP contribution >= 0.6 is 11.3 Å². The lowest BCUT2D eigenvalue weighted by Gasteiger charge is -2.39. The minimum Gasteiger partial charge on any atom is -0.363 e. The maximum Gasteiger partial charge on any atom is 0.273 e. The van der Waals surface area contributed by atoms with Crippen LogP contribution in [0, 0.1) is 6.92 Å². The number of aryl methyl sites for hydroxylation is 1. The first-order valence-corrected chi connectivity index (χ1v) is 10.4. The van der Waals surface area contributed by atoms with E-state index in [0.717, 1.165) is 42.6 Å². The summed E-state index contributed by atoms with van der Waals surface area (Å²) in [5.41, 5.74) is 0.585. The van der Waals surface area contributed by atoms with Crippen molar-refractivity contribution in [2.45, 2.75) is 44.7 Å². The number of likely N-dealkylation sites (tertiary alicyclic amines) is 1. The highest BCUT2D eigenvalue weighted by Gasteiger charge is 2.37. The molecule has 1 amide bonds. The summed E-state index contributed by atoms with van der Waals surface area (Å²) in [6.07, 6.45) is 6.03. The number of nitrogens with zero attached hydrogens (tertiary/aromatic N) is 6. The fraction of sp³-hybridized carbons (Fsp3) is 0.579. The predicted octanol–water partition coefficient (Wildman–Crippen LogP) is 2.58. The van der Waals surface area contributed by atoms with Gasteiger partial charge in [-0.2, -0.15) is 0 Å². The number of carbonyl (C=O) groups is 1. The van der Waals surface area contributed by atoms with Gasteiger partial charge in [0.05, 0.1) is 5.01 Å². The zero-order valence-electron chi connectivity index (χ0n) is 16.1. The summed E-state index contributed by atoms with van der Waals surface area (Å²) < 4.78 is 0. The normalized spacial score (nSPS) is 17.8. The molecule has 1 saturated heterocycles. The van der Waals surface area contributed by atoms with E-state index in [1.54, 1.807) is 6.33 Å². The van der Waals surface area contributed by atoms with E-state index >= 15 is 0 Å². The monoisotopic (exact) mass is 386 g/mol. The van der Waals surface area contributed by atoms with E-state index in [9.17, 15) is 4.79 Å². The quantitative estimate of drug-likeness (QED) is 0.787. The van der Waals surface area contributed by atoms with Crippen molar-refractivity contribution < 1.29 is 4.79 Å². The Hall–Kier alpha value is -2.22. The van der Waals surface area contributed by atoms with Gasteiger partial charge < -0.3 is 14.7 Å². The summed E-state index contributed by atoms with van der Waals surface area (Å²) >= 11 is 1.53. The molecule has 0 radical (unpaired) electrons. The third-order valence-corrected chi connectivity index (χ3v) is 6.06. The van der Waals surface area contributed by atoms with Gasteiger partial charge in [0, 0.05) is 50.7 Å². The van der Waals surface area contributed by atoms with E-state index in [0.29, 0.717) is 17.8 Å². The Bertz CT molecular complexity index is 810. The van der Waals surface area contributed by atoms with Crippen molar-refractivity contribution in [3.63, 3.8) is 0 Å². The van der Waals surface area contributed by atoms with Crippen molar-refractivity contribution in [3.8, 4) is 0 Å². The van der Waals surface area contributed by atoms with Crippen LogP contribution < -0.4 is 9.80 Å². The summed E-state index contributed by atoms with van der Waals surface area (Å²) in [5.74, 6) is 2.00. The lowest BCUT2D eigenvalue weighted by Crippen LogP contribution is -2.48. The second kappa shape index (κ2) is 7.42. The first-order valence-electron chi connectivity index (χ1n) is 9.52. The van der Waals surface area contributed by atoms with E-state index < -0.39 is 0 Å². The van der Waals surface area contributed by atoms with Crippen LogP contribution in [0.15, 0.2) is 17.8 Å². The van der Waals surface area contributed by atoms with E-state index in [1.165, 1.54) is 24.2 Å². The van der Waals surface area contributed by atoms with Crippen molar-refractivity contribution in [1.82, 2.24) is 19.9 Å². The van der Waals surface area contributed by atoms with Crippen molar-refractivity contribution in [1.29, 1.82) is 0 Å². The van der Waals surface area contributed by atoms with Gasteiger partial charge in [-0.25, -0.2) is 15.0 Å². The van der Waals surface area contributed by atoms with E-state index in [-0.39, 0.29) is 5.91 Å². The van der Waals surface area contributed by atoms with Crippen molar-refractivity contribution in [2.24, 2.45) is 0 Å². The van der Waals surface area contributed by atoms with E-state index in [4.69, 9.17) is 0 Å². The molecule has 4 rings (SSSR count). The van der Waals surface area contributed by atoms with Gasteiger partial charge in [0.15, 0.2) is 0 Å². The molecule has 0 aromatic carbocycles. The van der Waals surface area contributed by atoms with Gasteiger partial charge in [0.1, 0.15) is 23.7 Å². The lowest BCUT2D eigenvalue weighted by atomic mass is 10.0. The molecular formula is C19H26N6OS. The van der Waals surface area contributed by atoms with Gasteiger partial charge in [-0.1, -0.05) is 0 Å². The highest BCUT2D eigenvalue weighted by atomic mass is 32.1. The molecule has 2 aromatic rings. The SMILES string of the molecule is Cc1nc(C(=O)N2CCC(N(c3cc(N(C)C)ncn3)C3CC3)CC2)cs1. The molecule has 7 nitrogen and oxygen atoms in total. The molecule has 1 aliphatic carbocycles. The van der Waals surface area contributed by atoms with Crippen LogP contribution in [0.2, 0.25) is 0 Å². The molecule has 27 heavy (non-hydrogen) atoms. The molecule has 0 N–H and O–H groups in total. The van der Waals surface area contributed by atoms with Crippen molar-refractivity contribution in [2.75, 3.05) is 37.0 Å². The number of thiazole rings is 1. The highest BCUT2D eigenvalue weighted by molar-refractivity contribution is 7.09. The molecule has 0 atom stereocenters. The largest absolute Gasteiger partial charge is 0.363 e. The Kier molecular flexibility index (Phi) is 4.99. The molecule has 2 aliphatic rings. The molecule has 0 spiro atoms. The molecular weight excluding hydrogens is 360 g/mol. The molecule has 144 valence electrons. The Labute approximate surface area is 164 Å². The molecule has 2 aromatic heterocycles. The van der Waals surface area contributed by atoms with Gasteiger partial charge >= 0.3 is 0 Å². The maximum absolute atomic E-state index is 12.7. The second-order valence-electron chi connectivity index (χ2n) is 7.54. The standard InChI is InChI=1S/C19H26N6OS/c1-13-22-16(11-27-13)19(26)24-8-6-15(7-9-24)25(14-4-5-14)18-10-17(23(2)3)20-12-21-18/h10-12,14-15H,4-9H2,1-3H3. The number of hydrogen-bond donors (Lipinski definition) is 0. The van der Waals surface area contributed by atoms with Crippen LogP contribution in [0.25, 0.3) is 0 Å². The van der Waals surface area contributed by atoms with E-state index in [1.807, 2.05) is 36.2 Å². The number of hydrogen-bond acceptors (Lipinski definition) is 7. The number of anilines is 2. The van der Waals surface area contributed by atoms with Crippen LogP contribution in [0.5, 0.6) is 0 Å². The minimum atomic E-state index is 0.0627. The Balaban J connectivity index is 1.45. The zero-order valence-corrected chi connectivity index (χ0v) is 16.9. The van der Waals surface area contributed by atoms with Gasteiger partial charge in [-0.05, 0) is 32.6 Å².